The van der Waals surface area contributed by atoms with E-state index < -0.39 is 5.53 Å². The molecule has 0 saturated carbocycles. The maximum absolute atomic E-state index is 12.4. The van der Waals surface area contributed by atoms with Crippen molar-refractivity contribution in [2.75, 3.05) is 37.1 Å². The molecule has 0 unspecified atom stereocenters. The van der Waals surface area contributed by atoms with E-state index >= 15 is 0 Å². The van der Waals surface area contributed by atoms with Crippen LogP contribution in [-0.2, 0) is 28.6 Å². The number of carbonyl (C=O) groups is 3. The predicted octanol–water partition coefficient (Wildman–Crippen LogP) is 16.0. The summed E-state index contributed by atoms with van der Waals surface area (Å²) in [5.74, 6) is 1.69. The molecule has 0 aliphatic carbocycles. The number of unbranched alkanes of at least 4 members (excludes halogenated alkanes) is 27. The van der Waals surface area contributed by atoms with Gasteiger partial charge in [0, 0.05) is 17.3 Å². The van der Waals surface area contributed by atoms with Crippen LogP contribution in [0.25, 0.3) is 0 Å². The molecule has 0 radical (unpaired) electrons. The van der Waals surface area contributed by atoms with Crippen LogP contribution in [0.2, 0.25) is 0 Å². The van der Waals surface area contributed by atoms with Crippen LogP contribution in [0.3, 0.4) is 0 Å². The summed E-state index contributed by atoms with van der Waals surface area (Å²) >= 11 is 5.31. The number of hydrogen-bond donors (Lipinski definition) is 0. The predicted molar refractivity (Wildman–Crippen MR) is 247 cm³/mol. The molecule has 326 valence electrons. The van der Waals surface area contributed by atoms with Crippen molar-refractivity contribution in [3.05, 3.63) is 0 Å². The number of carbonyl (C=O) groups excluding carboxylic acids is 3. The van der Waals surface area contributed by atoms with Gasteiger partial charge < -0.3 is 14.2 Å². The molecule has 0 aromatic carbocycles. The second-order valence-corrected chi connectivity index (χ2v) is 25.3. The highest BCUT2D eigenvalue weighted by Gasteiger charge is 2.15. The van der Waals surface area contributed by atoms with Gasteiger partial charge in [-0.25, -0.2) is 0 Å². The van der Waals surface area contributed by atoms with Crippen LogP contribution >= 0.6 is 39.7 Å². The summed E-state index contributed by atoms with van der Waals surface area (Å²) in [5.41, 5.74) is -0.616. The highest BCUT2D eigenvalue weighted by molar-refractivity contribution is 9.12. The van der Waals surface area contributed by atoms with Gasteiger partial charge in [-0.1, -0.05) is 194 Å². The molecule has 0 aliphatic heterocycles. The molecule has 0 aromatic rings. The van der Waals surface area contributed by atoms with Gasteiger partial charge in [-0.2, -0.15) is 0 Å². The fourth-order valence-corrected chi connectivity index (χ4v) is 16.6. The molecule has 0 N–H and O–H groups in total. The van der Waals surface area contributed by atoms with Crippen LogP contribution in [0.4, 0.5) is 0 Å². The molecule has 0 aliphatic rings. The Morgan fingerprint density at radius 2 is 0.527 bits per heavy atom. The molecule has 0 atom stereocenters. The van der Waals surface area contributed by atoms with Gasteiger partial charge in [-0.3, -0.25) is 14.4 Å². The first-order valence-electron chi connectivity index (χ1n) is 23.2. The van der Waals surface area contributed by atoms with Crippen molar-refractivity contribution < 1.29 is 28.6 Å². The largest absolute Gasteiger partial charge is 0.466 e. The molecule has 0 rings (SSSR count). The fraction of sp³-hybridized carbons (Fsp3) is 0.933. The minimum Gasteiger partial charge on any atom is -0.466 e. The van der Waals surface area contributed by atoms with Crippen molar-refractivity contribution in [1.82, 2.24) is 0 Å². The van der Waals surface area contributed by atoms with E-state index in [0.29, 0.717) is 56.3 Å². The lowest BCUT2D eigenvalue weighted by atomic mass is 10.1. The van der Waals surface area contributed by atoms with E-state index in [-0.39, 0.29) is 17.9 Å². The highest BCUT2D eigenvalue weighted by atomic mass is 33.4. The Balaban J connectivity index is 4.28. The summed E-state index contributed by atoms with van der Waals surface area (Å²) in [4.78, 5) is 37.3. The van der Waals surface area contributed by atoms with Crippen molar-refractivity contribution >= 4 is 57.6 Å². The molecular weight excluding hydrogens is 764 g/mol. The van der Waals surface area contributed by atoms with Gasteiger partial charge in [0.25, 0.3) is 0 Å². The monoisotopic (exact) mass is 851 g/mol. The lowest BCUT2D eigenvalue weighted by Crippen LogP contribution is -2.07. The summed E-state index contributed by atoms with van der Waals surface area (Å²) in [6.45, 7) is 8.31. The summed E-state index contributed by atoms with van der Waals surface area (Å²) in [5, 5.41) is 0. The molecule has 0 aromatic heterocycles. The Kier molecular flexibility index (Phi) is 46.5. The first-order chi connectivity index (χ1) is 27.0. The Morgan fingerprint density at radius 1 is 0.327 bits per heavy atom. The van der Waals surface area contributed by atoms with E-state index in [1.165, 1.54) is 154 Å². The SMILES string of the molecule is CCCCCCCCCCCCOC(=O)CCSP(SCCC(=O)OCCCCCCCCCCCC)SCCC(=O)OCCCCCCCCCCCC. The van der Waals surface area contributed by atoms with Gasteiger partial charge in [0.05, 0.1) is 44.6 Å². The van der Waals surface area contributed by atoms with Crippen LogP contribution < -0.4 is 0 Å². The standard InChI is InChI=1S/C45H87O6PS3/c1-4-7-10-13-16-19-22-25-28-31-37-49-43(46)34-40-53-52(54-41-35-44(47)50-38-32-29-26-23-20-17-14-11-8-5-2)55-42-36-45(48)51-39-33-30-27-24-21-18-15-12-9-6-3/h4-42H2,1-3H3. The molecule has 0 saturated heterocycles. The van der Waals surface area contributed by atoms with Crippen molar-refractivity contribution in [3.63, 3.8) is 0 Å². The first-order valence-corrected chi connectivity index (χ1v) is 29.3. The third-order valence-corrected chi connectivity index (χ3v) is 20.8. The molecule has 0 fully saturated rings. The normalized spacial score (nSPS) is 11.3. The highest BCUT2D eigenvalue weighted by Crippen LogP contribution is 2.70. The van der Waals surface area contributed by atoms with Crippen LogP contribution in [0.5, 0.6) is 0 Å². The second-order valence-electron chi connectivity index (χ2n) is 15.2. The average molecular weight is 851 g/mol. The summed E-state index contributed by atoms with van der Waals surface area (Å²) in [7, 11) is 0. The Bertz CT molecular complexity index is 732. The van der Waals surface area contributed by atoms with E-state index in [1.807, 2.05) is 0 Å². The van der Waals surface area contributed by atoms with E-state index in [9.17, 15) is 14.4 Å². The quantitative estimate of drug-likeness (QED) is 0.0258. The van der Waals surface area contributed by atoms with Crippen LogP contribution in [0.15, 0.2) is 0 Å². The zero-order valence-electron chi connectivity index (χ0n) is 36.2. The Morgan fingerprint density at radius 3 is 0.745 bits per heavy atom. The van der Waals surface area contributed by atoms with Crippen LogP contribution in [0, 0.1) is 0 Å². The minimum absolute atomic E-state index is 0.125. The number of esters is 3. The van der Waals surface area contributed by atoms with Gasteiger partial charge in [0.2, 0.25) is 0 Å². The lowest BCUT2D eigenvalue weighted by molar-refractivity contribution is -0.144. The van der Waals surface area contributed by atoms with Crippen molar-refractivity contribution in [3.8, 4) is 0 Å². The number of ether oxygens (including phenoxy) is 3. The molecule has 6 nitrogen and oxygen atoms in total. The van der Waals surface area contributed by atoms with Crippen LogP contribution in [-0.4, -0.2) is 55.0 Å². The van der Waals surface area contributed by atoms with Gasteiger partial charge in [-0.05, 0) is 19.3 Å². The van der Waals surface area contributed by atoms with Crippen molar-refractivity contribution in [2.24, 2.45) is 0 Å². The molecule has 55 heavy (non-hydrogen) atoms. The Labute approximate surface area is 354 Å². The third kappa shape index (κ3) is 44.8. The molecule has 0 amide bonds. The number of rotatable bonds is 45. The summed E-state index contributed by atoms with van der Waals surface area (Å²) in [6, 6.07) is 0. The van der Waals surface area contributed by atoms with Gasteiger partial charge in [0.1, 0.15) is 0 Å². The van der Waals surface area contributed by atoms with Crippen molar-refractivity contribution in [1.29, 1.82) is 0 Å². The maximum atomic E-state index is 12.4. The van der Waals surface area contributed by atoms with Crippen LogP contribution in [0.1, 0.15) is 233 Å². The van der Waals surface area contributed by atoms with E-state index in [2.05, 4.69) is 20.8 Å². The molecule has 0 bridgehead atoms. The first kappa shape index (κ1) is 54.9. The van der Waals surface area contributed by atoms with Gasteiger partial charge in [0.15, 0.2) is 0 Å². The smallest absolute Gasteiger partial charge is 0.306 e. The fourth-order valence-electron chi connectivity index (χ4n) is 6.27. The summed E-state index contributed by atoms with van der Waals surface area (Å²) in [6.07, 6.45) is 39.0. The lowest BCUT2D eigenvalue weighted by Gasteiger charge is -2.15. The summed E-state index contributed by atoms with van der Waals surface area (Å²) < 4.78 is 16.6. The zero-order valence-corrected chi connectivity index (χ0v) is 39.5. The Hall–Kier alpha value is -0.110. The topological polar surface area (TPSA) is 78.9 Å². The molecule has 0 heterocycles. The van der Waals surface area contributed by atoms with E-state index in [1.54, 1.807) is 34.1 Å². The second kappa shape index (κ2) is 46.6. The zero-order chi connectivity index (χ0) is 40.1. The van der Waals surface area contributed by atoms with E-state index in [0.717, 1.165) is 38.5 Å². The van der Waals surface area contributed by atoms with E-state index in [4.69, 9.17) is 14.2 Å². The number of hydrogen-bond acceptors (Lipinski definition) is 9. The average Bonchev–Trinajstić information content (AvgIpc) is 3.18. The molecular formula is C45H87O6PS3. The maximum Gasteiger partial charge on any atom is 0.306 e. The van der Waals surface area contributed by atoms with Crippen molar-refractivity contribution in [2.45, 2.75) is 233 Å². The third-order valence-electron chi connectivity index (χ3n) is 9.79. The molecule has 10 heteroatoms. The minimum atomic E-state index is -0.616. The molecule has 0 spiro atoms. The van der Waals surface area contributed by atoms with Gasteiger partial charge >= 0.3 is 17.9 Å². The van der Waals surface area contributed by atoms with Gasteiger partial charge in [-0.15, -0.1) is 34.1 Å².